The summed E-state index contributed by atoms with van der Waals surface area (Å²) in [6.07, 6.45) is 1.92. The third kappa shape index (κ3) is 2.95. The van der Waals surface area contributed by atoms with E-state index >= 15 is 0 Å². The van der Waals surface area contributed by atoms with Crippen LogP contribution in [0.2, 0.25) is 5.02 Å². The molecular weight excluding hydrogens is 308 g/mol. The Hall–Kier alpha value is -2.31. The van der Waals surface area contributed by atoms with Crippen LogP contribution in [-0.2, 0) is 0 Å². The number of nitrogens with zero attached hydrogens (tertiary/aromatic N) is 2. The van der Waals surface area contributed by atoms with Crippen molar-refractivity contribution in [1.82, 2.24) is 4.90 Å². The molecule has 0 saturated carbocycles. The minimum atomic E-state index is -0.0992. The highest BCUT2D eigenvalue weighted by molar-refractivity contribution is 6.33. The number of carbonyl (C=O) groups is 1. The summed E-state index contributed by atoms with van der Waals surface area (Å²) >= 11 is 6.19. The fourth-order valence-electron chi connectivity index (χ4n) is 3.21. The molecule has 0 N–H and O–H groups in total. The molecule has 1 saturated heterocycles. The van der Waals surface area contributed by atoms with Gasteiger partial charge in [-0.1, -0.05) is 35.9 Å². The van der Waals surface area contributed by atoms with Gasteiger partial charge in [0.15, 0.2) is 0 Å². The quantitative estimate of drug-likeness (QED) is 0.816. The highest BCUT2D eigenvalue weighted by Gasteiger charge is 2.32. The van der Waals surface area contributed by atoms with Gasteiger partial charge in [0, 0.05) is 6.54 Å². The first kappa shape index (κ1) is 15.6. The number of halogens is 1. The molecule has 3 rings (SSSR count). The van der Waals surface area contributed by atoms with Crippen molar-refractivity contribution in [2.45, 2.75) is 25.8 Å². The van der Waals surface area contributed by atoms with Gasteiger partial charge in [0.25, 0.3) is 5.91 Å². The fourth-order valence-corrected chi connectivity index (χ4v) is 3.41. The van der Waals surface area contributed by atoms with Crippen LogP contribution >= 0.6 is 11.6 Å². The van der Waals surface area contributed by atoms with Crippen molar-refractivity contribution in [3.05, 3.63) is 69.7 Å². The van der Waals surface area contributed by atoms with Gasteiger partial charge >= 0.3 is 0 Å². The Kier molecular flexibility index (Phi) is 4.36. The molecule has 1 heterocycles. The summed E-state index contributed by atoms with van der Waals surface area (Å²) in [5.74, 6) is -0.0992. The van der Waals surface area contributed by atoms with E-state index in [4.69, 9.17) is 16.9 Å². The SMILES string of the molecule is Cc1ccccc1C1CCCN1C(=O)c1cc(C#N)ccc1Cl. The normalized spacial score (nSPS) is 17.1. The van der Waals surface area contributed by atoms with E-state index in [9.17, 15) is 4.79 Å². The van der Waals surface area contributed by atoms with Crippen LogP contribution in [0.25, 0.3) is 0 Å². The first-order chi connectivity index (χ1) is 11.1. The molecule has 0 spiro atoms. The monoisotopic (exact) mass is 324 g/mol. The van der Waals surface area contributed by atoms with Crippen molar-refractivity contribution in [3.63, 3.8) is 0 Å². The molecule has 4 heteroatoms. The van der Waals surface area contributed by atoms with E-state index in [1.807, 2.05) is 17.0 Å². The van der Waals surface area contributed by atoms with Crippen molar-refractivity contribution in [2.75, 3.05) is 6.54 Å². The van der Waals surface area contributed by atoms with Gasteiger partial charge in [-0.15, -0.1) is 0 Å². The zero-order chi connectivity index (χ0) is 16.4. The maximum Gasteiger partial charge on any atom is 0.255 e. The molecule has 3 nitrogen and oxygen atoms in total. The van der Waals surface area contributed by atoms with E-state index in [2.05, 4.69) is 25.1 Å². The zero-order valence-electron chi connectivity index (χ0n) is 12.9. The van der Waals surface area contributed by atoms with Crippen LogP contribution in [0.1, 0.15) is 45.9 Å². The number of amides is 1. The Bertz CT molecular complexity index is 794. The summed E-state index contributed by atoms with van der Waals surface area (Å²) in [5.41, 5.74) is 3.23. The second kappa shape index (κ2) is 6.44. The van der Waals surface area contributed by atoms with E-state index in [0.29, 0.717) is 22.7 Å². The molecule has 1 amide bonds. The van der Waals surface area contributed by atoms with Gasteiger partial charge in [-0.25, -0.2) is 0 Å². The van der Waals surface area contributed by atoms with Crippen molar-refractivity contribution in [3.8, 4) is 6.07 Å². The Labute approximate surface area is 141 Å². The Morgan fingerprint density at radius 2 is 2.09 bits per heavy atom. The van der Waals surface area contributed by atoms with Crippen LogP contribution in [0, 0.1) is 18.3 Å². The second-order valence-corrected chi connectivity index (χ2v) is 6.23. The maximum atomic E-state index is 13.0. The van der Waals surface area contributed by atoms with Gasteiger partial charge in [0.1, 0.15) is 0 Å². The molecule has 23 heavy (non-hydrogen) atoms. The van der Waals surface area contributed by atoms with Crippen molar-refractivity contribution >= 4 is 17.5 Å². The van der Waals surface area contributed by atoms with Gasteiger partial charge in [-0.05, 0) is 49.1 Å². The third-order valence-electron chi connectivity index (χ3n) is 4.39. The van der Waals surface area contributed by atoms with Crippen LogP contribution in [0.4, 0.5) is 0 Å². The van der Waals surface area contributed by atoms with Gasteiger partial charge in [-0.2, -0.15) is 5.26 Å². The lowest BCUT2D eigenvalue weighted by Gasteiger charge is -2.26. The molecule has 2 aromatic carbocycles. The van der Waals surface area contributed by atoms with Gasteiger partial charge < -0.3 is 4.90 Å². The molecule has 0 bridgehead atoms. The number of benzene rings is 2. The highest BCUT2D eigenvalue weighted by atomic mass is 35.5. The average molecular weight is 325 g/mol. The topological polar surface area (TPSA) is 44.1 Å². The van der Waals surface area contributed by atoms with Crippen LogP contribution in [0.15, 0.2) is 42.5 Å². The number of nitriles is 1. The average Bonchev–Trinajstić information content (AvgIpc) is 3.04. The predicted octanol–water partition coefficient (Wildman–Crippen LogP) is 4.50. The van der Waals surface area contributed by atoms with E-state index < -0.39 is 0 Å². The number of hydrogen-bond donors (Lipinski definition) is 0. The van der Waals surface area contributed by atoms with E-state index in [1.165, 1.54) is 11.1 Å². The number of hydrogen-bond acceptors (Lipinski definition) is 2. The zero-order valence-corrected chi connectivity index (χ0v) is 13.7. The number of likely N-dealkylation sites (tertiary alicyclic amines) is 1. The van der Waals surface area contributed by atoms with Crippen LogP contribution in [0.3, 0.4) is 0 Å². The van der Waals surface area contributed by atoms with Gasteiger partial charge in [0.2, 0.25) is 0 Å². The second-order valence-electron chi connectivity index (χ2n) is 5.82. The minimum absolute atomic E-state index is 0.0745. The standard InChI is InChI=1S/C19H17ClN2O/c1-13-5-2-3-6-15(13)18-7-4-10-22(18)19(23)16-11-14(12-21)8-9-17(16)20/h2-3,5-6,8-9,11,18H,4,7,10H2,1H3. The number of aryl methyl sites for hydroxylation is 1. The molecule has 1 unspecified atom stereocenters. The molecule has 0 radical (unpaired) electrons. The van der Waals surface area contributed by atoms with Crippen molar-refractivity contribution in [1.29, 1.82) is 5.26 Å². The molecule has 0 aliphatic carbocycles. The first-order valence-corrected chi connectivity index (χ1v) is 8.06. The maximum absolute atomic E-state index is 13.0. The Balaban J connectivity index is 1.96. The van der Waals surface area contributed by atoms with Gasteiger partial charge in [-0.3, -0.25) is 4.79 Å². The molecule has 0 aromatic heterocycles. The minimum Gasteiger partial charge on any atom is -0.332 e. The highest BCUT2D eigenvalue weighted by Crippen LogP contribution is 2.35. The fraction of sp³-hybridized carbons (Fsp3) is 0.263. The Morgan fingerprint density at radius 3 is 2.83 bits per heavy atom. The summed E-state index contributed by atoms with van der Waals surface area (Å²) in [6, 6.07) is 15.1. The Morgan fingerprint density at radius 1 is 1.30 bits per heavy atom. The molecule has 1 fully saturated rings. The van der Waals surface area contributed by atoms with Crippen molar-refractivity contribution in [2.24, 2.45) is 0 Å². The summed E-state index contributed by atoms with van der Waals surface area (Å²) in [5, 5.41) is 9.44. The molecule has 116 valence electrons. The lowest BCUT2D eigenvalue weighted by Crippen LogP contribution is -2.31. The molecule has 1 atom stereocenters. The third-order valence-corrected chi connectivity index (χ3v) is 4.72. The van der Waals surface area contributed by atoms with Crippen LogP contribution < -0.4 is 0 Å². The lowest BCUT2D eigenvalue weighted by atomic mass is 9.99. The van der Waals surface area contributed by atoms with E-state index in [-0.39, 0.29) is 11.9 Å². The summed E-state index contributed by atoms with van der Waals surface area (Å²) < 4.78 is 0. The summed E-state index contributed by atoms with van der Waals surface area (Å²) in [7, 11) is 0. The summed E-state index contributed by atoms with van der Waals surface area (Å²) in [6.45, 7) is 2.78. The number of rotatable bonds is 2. The number of carbonyl (C=O) groups excluding carboxylic acids is 1. The van der Waals surface area contributed by atoms with Crippen LogP contribution in [-0.4, -0.2) is 17.4 Å². The molecular formula is C19H17ClN2O. The van der Waals surface area contributed by atoms with Crippen LogP contribution in [0.5, 0.6) is 0 Å². The predicted molar refractivity (Wildman–Crippen MR) is 90.4 cm³/mol. The van der Waals surface area contributed by atoms with Crippen molar-refractivity contribution < 1.29 is 4.79 Å². The van der Waals surface area contributed by atoms with E-state index in [0.717, 1.165) is 12.8 Å². The van der Waals surface area contributed by atoms with Gasteiger partial charge in [0.05, 0.1) is 28.3 Å². The summed E-state index contributed by atoms with van der Waals surface area (Å²) in [4.78, 5) is 14.8. The van der Waals surface area contributed by atoms with E-state index in [1.54, 1.807) is 18.2 Å². The molecule has 2 aromatic rings. The lowest BCUT2D eigenvalue weighted by molar-refractivity contribution is 0.0735. The largest absolute Gasteiger partial charge is 0.332 e. The molecule has 1 aliphatic heterocycles. The molecule has 1 aliphatic rings. The smallest absolute Gasteiger partial charge is 0.255 e. The first-order valence-electron chi connectivity index (χ1n) is 7.68.